The number of fused-ring (bicyclic) bond motifs is 1. The van der Waals surface area contributed by atoms with Crippen molar-refractivity contribution in [3.8, 4) is 17.3 Å². The van der Waals surface area contributed by atoms with Crippen molar-refractivity contribution in [2.24, 2.45) is 5.92 Å². The van der Waals surface area contributed by atoms with Crippen LogP contribution in [0.25, 0.3) is 17.3 Å². The van der Waals surface area contributed by atoms with E-state index in [2.05, 4.69) is 40.6 Å². The minimum atomic E-state index is -0.497. The number of hydrogen-bond acceptors (Lipinski definition) is 6. The van der Waals surface area contributed by atoms with Crippen molar-refractivity contribution < 1.29 is 4.79 Å². The Morgan fingerprint density at radius 1 is 1.21 bits per heavy atom. The molecule has 0 aromatic carbocycles. The molecule has 3 aromatic rings. The first kappa shape index (κ1) is 17.8. The third kappa shape index (κ3) is 2.41. The molecule has 29 heavy (non-hydrogen) atoms. The van der Waals surface area contributed by atoms with Crippen LogP contribution in [0, 0.1) is 5.92 Å². The van der Waals surface area contributed by atoms with Gasteiger partial charge in [0.2, 0.25) is 5.95 Å². The van der Waals surface area contributed by atoms with Gasteiger partial charge in [-0.2, -0.15) is 4.98 Å². The van der Waals surface area contributed by atoms with Gasteiger partial charge in [-0.3, -0.25) is 14.3 Å². The van der Waals surface area contributed by atoms with Gasteiger partial charge in [-0.05, 0) is 38.3 Å². The Balaban J connectivity index is 1.66. The summed E-state index contributed by atoms with van der Waals surface area (Å²) in [4.78, 5) is 35.2. The smallest absolute Gasteiger partial charge is 0.253 e. The van der Waals surface area contributed by atoms with Crippen molar-refractivity contribution in [2.45, 2.75) is 38.8 Å². The summed E-state index contributed by atoms with van der Waals surface area (Å²) in [6.45, 7) is 6.34. The zero-order chi connectivity index (χ0) is 20.3. The lowest BCUT2D eigenvalue weighted by atomic mass is 10.0. The molecule has 1 amide bonds. The fourth-order valence-electron chi connectivity index (χ4n) is 4.50. The van der Waals surface area contributed by atoms with Crippen LogP contribution in [0.1, 0.15) is 27.2 Å². The fraction of sp³-hybridized carbons (Fsp3) is 0.381. The van der Waals surface area contributed by atoms with Gasteiger partial charge in [-0.15, -0.1) is 0 Å². The Hall–Kier alpha value is -3.29. The molecule has 5 rings (SSSR count). The van der Waals surface area contributed by atoms with Gasteiger partial charge in [-0.25, -0.2) is 9.97 Å². The predicted molar refractivity (Wildman–Crippen MR) is 110 cm³/mol. The van der Waals surface area contributed by atoms with Gasteiger partial charge >= 0.3 is 0 Å². The van der Waals surface area contributed by atoms with Crippen LogP contribution in [0.5, 0.6) is 0 Å². The van der Waals surface area contributed by atoms with E-state index in [0.717, 1.165) is 29.3 Å². The molecule has 0 radical (unpaired) electrons. The van der Waals surface area contributed by atoms with Crippen LogP contribution in [0.15, 0.2) is 43.1 Å². The standard InChI is InChI=1S/C21H23N7O/c1-13(2)28-18-16(26(4)19(29)21(28)10-14(21)3)12-24-20(25-18)27-9-8-23-17(27)15-6-5-7-22-11-15/h5-9,11-14H,10H2,1-4H3/t14-,21-/m0/s1. The molecular formula is C21H23N7O. The van der Waals surface area contributed by atoms with Gasteiger partial charge in [0.05, 0.1) is 6.20 Å². The minimum Gasteiger partial charge on any atom is -0.337 e. The van der Waals surface area contributed by atoms with E-state index in [1.54, 1.807) is 29.7 Å². The first-order valence-electron chi connectivity index (χ1n) is 9.84. The lowest BCUT2D eigenvalue weighted by Gasteiger charge is -2.44. The summed E-state index contributed by atoms with van der Waals surface area (Å²) in [5, 5.41) is 0. The third-order valence-corrected chi connectivity index (χ3v) is 6.00. The molecule has 1 spiro atoms. The molecule has 1 aliphatic heterocycles. The molecule has 148 valence electrons. The quantitative estimate of drug-likeness (QED) is 0.685. The number of amides is 1. The van der Waals surface area contributed by atoms with E-state index in [9.17, 15) is 4.79 Å². The fourth-order valence-corrected chi connectivity index (χ4v) is 4.50. The van der Waals surface area contributed by atoms with Gasteiger partial charge in [0.25, 0.3) is 5.91 Å². The van der Waals surface area contributed by atoms with Crippen molar-refractivity contribution in [3.63, 3.8) is 0 Å². The Labute approximate surface area is 169 Å². The lowest BCUT2D eigenvalue weighted by molar-refractivity contribution is -0.121. The zero-order valence-electron chi connectivity index (χ0n) is 16.9. The molecule has 2 aliphatic rings. The number of rotatable bonds is 3. The maximum atomic E-state index is 13.2. The summed E-state index contributed by atoms with van der Waals surface area (Å²) >= 11 is 0. The summed E-state index contributed by atoms with van der Waals surface area (Å²) in [7, 11) is 1.81. The molecule has 0 N–H and O–H groups in total. The van der Waals surface area contributed by atoms with E-state index < -0.39 is 5.54 Å². The largest absolute Gasteiger partial charge is 0.337 e. The van der Waals surface area contributed by atoms with E-state index in [1.165, 1.54) is 0 Å². The number of pyridine rings is 1. The minimum absolute atomic E-state index is 0.126. The molecule has 3 aromatic heterocycles. The summed E-state index contributed by atoms with van der Waals surface area (Å²) in [5.41, 5.74) is 1.13. The molecule has 0 unspecified atom stereocenters. The van der Waals surface area contributed by atoms with Gasteiger partial charge in [0.15, 0.2) is 5.82 Å². The van der Waals surface area contributed by atoms with Gasteiger partial charge in [0.1, 0.15) is 17.1 Å². The van der Waals surface area contributed by atoms with Crippen molar-refractivity contribution >= 4 is 17.4 Å². The highest BCUT2D eigenvalue weighted by atomic mass is 16.2. The summed E-state index contributed by atoms with van der Waals surface area (Å²) in [5.74, 6) is 2.47. The van der Waals surface area contributed by atoms with E-state index in [1.807, 2.05) is 29.9 Å². The van der Waals surface area contributed by atoms with E-state index in [0.29, 0.717) is 11.9 Å². The van der Waals surface area contributed by atoms with Crippen LogP contribution >= 0.6 is 0 Å². The second-order valence-corrected chi connectivity index (χ2v) is 8.10. The number of aromatic nitrogens is 5. The van der Waals surface area contributed by atoms with Crippen LogP contribution in [-0.4, -0.2) is 49.0 Å². The van der Waals surface area contributed by atoms with Crippen molar-refractivity contribution in [1.29, 1.82) is 0 Å². The van der Waals surface area contributed by atoms with Gasteiger partial charge in [0, 0.05) is 43.4 Å². The average molecular weight is 389 g/mol. The predicted octanol–water partition coefficient (Wildman–Crippen LogP) is 2.69. The van der Waals surface area contributed by atoms with E-state index in [-0.39, 0.29) is 11.9 Å². The highest BCUT2D eigenvalue weighted by Crippen LogP contribution is 2.56. The number of imidazole rings is 1. The summed E-state index contributed by atoms with van der Waals surface area (Å²) in [6.07, 6.45) is 9.65. The molecule has 1 saturated carbocycles. The molecule has 2 atom stereocenters. The molecule has 4 heterocycles. The molecular weight excluding hydrogens is 366 g/mol. The number of anilines is 2. The number of likely N-dealkylation sites (N-methyl/N-ethyl adjacent to an activating group) is 1. The number of nitrogens with zero attached hydrogens (tertiary/aromatic N) is 7. The summed E-state index contributed by atoms with van der Waals surface area (Å²) in [6, 6.07) is 3.97. The topological polar surface area (TPSA) is 80.0 Å². The molecule has 1 fully saturated rings. The van der Waals surface area contributed by atoms with E-state index in [4.69, 9.17) is 4.98 Å². The molecule has 0 bridgehead atoms. The van der Waals surface area contributed by atoms with Gasteiger partial charge in [-0.1, -0.05) is 6.92 Å². The highest BCUT2D eigenvalue weighted by Gasteiger charge is 2.66. The second kappa shape index (κ2) is 6.10. The first-order chi connectivity index (χ1) is 13.9. The lowest BCUT2D eigenvalue weighted by Crippen LogP contribution is -2.58. The second-order valence-electron chi connectivity index (χ2n) is 8.10. The molecule has 8 nitrogen and oxygen atoms in total. The number of hydrogen-bond donors (Lipinski definition) is 0. The van der Waals surface area contributed by atoms with Crippen molar-refractivity contribution in [3.05, 3.63) is 43.1 Å². The maximum absolute atomic E-state index is 13.2. The van der Waals surface area contributed by atoms with Crippen LogP contribution in [0.3, 0.4) is 0 Å². The van der Waals surface area contributed by atoms with Gasteiger partial charge < -0.3 is 9.80 Å². The Morgan fingerprint density at radius 2 is 2.00 bits per heavy atom. The van der Waals surface area contributed by atoms with Crippen molar-refractivity contribution in [2.75, 3.05) is 16.8 Å². The zero-order valence-corrected chi connectivity index (χ0v) is 16.9. The van der Waals surface area contributed by atoms with E-state index >= 15 is 0 Å². The summed E-state index contributed by atoms with van der Waals surface area (Å²) < 4.78 is 1.86. The SMILES string of the molecule is CC(C)N1c2nc(-n3ccnc3-c3cccnc3)ncc2N(C)C(=O)[C@@]12C[C@@H]2C. The highest BCUT2D eigenvalue weighted by molar-refractivity contribution is 6.09. The van der Waals surface area contributed by atoms with Crippen LogP contribution in [0.4, 0.5) is 11.5 Å². The molecule has 8 heteroatoms. The Kier molecular flexibility index (Phi) is 3.74. The van der Waals surface area contributed by atoms with Crippen LogP contribution in [0.2, 0.25) is 0 Å². The monoisotopic (exact) mass is 389 g/mol. The third-order valence-electron chi connectivity index (χ3n) is 6.00. The van der Waals surface area contributed by atoms with Crippen LogP contribution in [-0.2, 0) is 4.79 Å². The molecule has 1 aliphatic carbocycles. The van der Waals surface area contributed by atoms with Crippen molar-refractivity contribution in [1.82, 2.24) is 24.5 Å². The number of carbonyl (C=O) groups excluding carboxylic acids is 1. The normalized spacial score (nSPS) is 23.1. The number of carbonyl (C=O) groups is 1. The van der Waals surface area contributed by atoms with Crippen LogP contribution < -0.4 is 9.80 Å². The first-order valence-corrected chi connectivity index (χ1v) is 9.84. The molecule has 0 saturated heterocycles. The average Bonchev–Trinajstić information content (AvgIpc) is 3.15. The Bertz CT molecular complexity index is 1090. The Morgan fingerprint density at radius 3 is 2.66 bits per heavy atom. The maximum Gasteiger partial charge on any atom is 0.253 e.